The lowest BCUT2D eigenvalue weighted by atomic mass is 10.1. The Morgan fingerprint density at radius 2 is 1.83 bits per heavy atom. The fourth-order valence-corrected chi connectivity index (χ4v) is 3.59. The van der Waals surface area contributed by atoms with Gasteiger partial charge in [-0.3, -0.25) is 9.69 Å². The van der Waals surface area contributed by atoms with E-state index in [9.17, 15) is 4.79 Å². The summed E-state index contributed by atoms with van der Waals surface area (Å²) in [6.07, 6.45) is 0. The molecule has 1 saturated heterocycles. The van der Waals surface area contributed by atoms with E-state index in [0.29, 0.717) is 0 Å². The normalized spacial score (nSPS) is 15.3. The minimum Gasteiger partial charge on any atom is -0.493 e. The number of piperazine rings is 1. The Bertz CT molecular complexity index is 680. The third-order valence-corrected chi connectivity index (χ3v) is 5.10. The van der Waals surface area contributed by atoms with Crippen LogP contribution in [0.1, 0.15) is 15.2 Å². The SMILES string of the molecule is COc1ccc(CN2CCN(C(=O)c3cccs3)CC2)cc1OC. The molecule has 0 unspecified atom stereocenters. The summed E-state index contributed by atoms with van der Waals surface area (Å²) >= 11 is 1.51. The molecular weight excluding hydrogens is 324 g/mol. The summed E-state index contributed by atoms with van der Waals surface area (Å²) in [5.41, 5.74) is 1.19. The summed E-state index contributed by atoms with van der Waals surface area (Å²) in [4.78, 5) is 17.5. The van der Waals surface area contributed by atoms with Crippen LogP contribution in [-0.4, -0.2) is 56.1 Å². The lowest BCUT2D eigenvalue weighted by Gasteiger charge is -2.34. The average Bonchev–Trinajstić information content (AvgIpc) is 3.16. The largest absolute Gasteiger partial charge is 0.493 e. The number of carbonyl (C=O) groups excluding carboxylic acids is 1. The summed E-state index contributed by atoms with van der Waals surface area (Å²) < 4.78 is 10.6. The van der Waals surface area contributed by atoms with Gasteiger partial charge in [0.25, 0.3) is 5.91 Å². The average molecular weight is 346 g/mol. The van der Waals surface area contributed by atoms with Gasteiger partial charge in [-0.1, -0.05) is 12.1 Å². The molecule has 6 heteroatoms. The maximum Gasteiger partial charge on any atom is 0.264 e. The summed E-state index contributed by atoms with van der Waals surface area (Å²) in [7, 11) is 3.29. The molecule has 0 radical (unpaired) electrons. The molecule has 0 spiro atoms. The Kier molecular flexibility index (Phi) is 5.37. The number of amides is 1. The third-order valence-electron chi connectivity index (χ3n) is 4.25. The lowest BCUT2D eigenvalue weighted by Crippen LogP contribution is -2.48. The fourth-order valence-electron chi connectivity index (χ4n) is 2.90. The monoisotopic (exact) mass is 346 g/mol. The quantitative estimate of drug-likeness (QED) is 0.835. The second-order valence-corrected chi connectivity index (χ2v) is 6.68. The van der Waals surface area contributed by atoms with Gasteiger partial charge in [-0.05, 0) is 29.1 Å². The topological polar surface area (TPSA) is 42.0 Å². The molecule has 1 aromatic carbocycles. The first-order valence-corrected chi connectivity index (χ1v) is 8.85. The number of carbonyl (C=O) groups is 1. The van der Waals surface area contributed by atoms with E-state index >= 15 is 0 Å². The minimum atomic E-state index is 0.149. The maximum atomic E-state index is 12.4. The second kappa shape index (κ2) is 7.68. The van der Waals surface area contributed by atoms with Gasteiger partial charge in [0, 0.05) is 32.7 Å². The first-order valence-electron chi connectivity index (χ1n) is 7.97. The summed E-state index contributed by atoms with van der Waals surface area (Å²) in [6.45, 7) is 4.15. The number of nitrogens with zero attached hydrogens (tertiary/aromatic N) is 2. The molecule has 1 fully saturated rings. The Labute approximate surface area is 146 Å². The smallest absolute Gasteiger partial charge is 0.264 e. The number of ether oxygens (including phenoxy) is 2. The molecule has 1 aliphatic heterocycles. The van der Waals surface area contributed by atoms with E-state index in [-0.39, 0.29) is 5.91 Å². The molecule has 24 heavy (non-hydrogen) atoms. The highest BCUT2D eigenvalue weighted by Crippen LogP contribution is 2.28. The Hall–Kier alpha value is -2.05. The number of rotatable bonds is 5. The zero-order valence-corrected chi connectivity index (χ0v) is 14.8. The fraction of sp³-hybridized carbons (Fsp3) is 0.389. The van der Waals surface area contributed by atoms with Crippen LogP contribution < -0.4 is 9.47 Å². The van der Waals surface area contributed by atoms with Crippen molar-refractivity contribution in [1.29, 1.82) is 0 Å². The van der Waals surface area contributed by atoms with Crippen LogP contribution in [0.4, 0.5) is 0 Å². The second-order valence-electron chi connectivity index (χ2n) is 5.73. The predicted octanol–water partition coefficient (Wildman–Crippen LogP) is 2.72. The van der Waals surface area contributed by atoms with Crippen LogP contribution in [-0.2, 0) is 6.54 Å². The Morgan fingerprint density at radius 1 is 1.08 bits per heavy atom. The molecule has 0 atom stereocenters. The molecular formula is C18H22N2O3S. The van der Waals surface area contributed by atoms with Gasteiger partial charge >= 0.3 is 0 Å². The number of benzene rings is 1. The highest BCUT2D eigenvalue weighted by molar-refractivity contribution is 7.12. The Morgan fingerprint density at radius 3 is 2.46 bits per heavy atom. The first-order chi connectivity index (χ1) is 11.7. The van der Waals surface area contributed by atoms with Crippen molar-refractivity contribution >= 4 is 17.2 Å². The summed E-state index contributed by atoms with van der Waals surface area (Å²) in [5, 5.41) is 1.94. The van der Waals surface area contributed by atoms with Crippen molar-refractivity contribution in [2.24, 2.45) is 0 Å². The summed E-state index contributed by atoms with van der Waals surface area (Å²) in [6, 6.07) is 9.82. The highest BCUT2D eigenvalue weighted by Gasteiger charge is 2.22. The van der Waals surface area contributed by atoms with Crippen LogP contribution in [0.25, 0.3) is 0 Å². The van der Waals surface area contributed by atoms with Gasteiger partial charge in [-0.15, -0.1) is 11.3 Å². The van der Waals surface area contributed by atoms with Crippen molar-refractivity contribution in [2.45, 2.75) is 6.54 Å². The number of hydrogen-bond donors (Lipinski definition) is 0. The minimum absolute atomic E-state index is 0.149. The van der Waals surface area contributed by atoms with Crippen LogP contribution >= 0.6 is 11.3 Å². The van der Waals surface area contributed by atoms with E-state index in [1.807, 2.05) is 34.5 Å². The molecule has 5 nitrogen and oxygen atoms in total. The van der Waals surface area contributed by atoms with Crippen LogP contribution in [0.5, 0.6) is 11.5 Å². The van der Waals surface area contributed by atoms with Gasteiger partial charge in [0.1, 0.15) is 0 Å². The predicted molar refractivity (Wildman–Crippen MR) is 95.0 cm³/mol. The maximum absolute atomic E-state index is 12.4. The van der Waals surface area contributed by atoms with Gasteiger partial charge < -0.3 is 14.4 Å². The van der Waals surface area contributed by atoms with Crippen LogP contribution in [0.2, 0.25) is 0 Å². The van der Waals surface area contributed by atoms with E-state index in [4.69, 9.17) is 9.47 Å². The molecule has 0 saturated carbocycles. The van der Waals surface area contributed by atoms with Crippen LogP contribution in [0.3, 0.4) is 0 Å². The van der Waals surface area contributed by atoms with E-state index in [1.54, 1.807) is 14.2 Å². The van der Waals surface area contributed by atoms with Gasteiger partial charge in [0.2, 0.25) is 0 Å². The molecule has 0 aliphatic carbocycles. The number of thiophene rings is 1. The molecule has 0 N–H and O–H groups in total. The molecule has 1 aliphatic rings. The lowest BCUT2D eigenvalue weighted by molar-refractivity contribution is 0.0633. The highest BCUT2D eigenvalue weighted by atomic mass is 32.1. The van der Waals surface area contributed by atoms with Crippen molar-refractivity contribution in [3.63, 3.8) is 0 Å². The molecule has 1 amide bonds. The zero-order valence-electron chi connectivity index (χ0n) is 14.0. The molecule has 2 aromatic rings. The van der Waals surface area contributed by atoms with Gasteiger partial charge in [0.05, 0.1) is 19.1 Å². The molecule has 2 heterocycles. The molecule has 1 aromatic heterocycles. The third kappa shape index (κ3) is 3.71. The Balaban J connectivity index is 1.56. The van der Waals surface area contributed by atoms with Crippen molar-refractivity contribution in [3.8, 4) is 11.5 Å². The number of methoxy groups -OCH3 is 2. The van der Waals surface area contributed by atoms with Crippen molar-refractivity contribution in [1.82, 2.24) is 9.80 Å². The summed E-state index contributed by atoms with van der Waals surface area (Å²) in [5.74, 6) is 1.64. The first kappa shape index (κ1) is 16.8. The van der Waals surface area contributed by atoms with E-state index in [2.05, 4.69) is 11.0 Å². The van der Waals surface area contributed by atoms with Gasteiger partial charge in [0.15, 0.2) is 11.5 Å². The standard InChI is InChI=1S/C18H22N2O3S/c1-22-15-6-5-14(12-16(15)23-2)13-19-7-9-20(10-8-19)18(21)17-4-3-11-24-17/h3-6,11-12H,7-10,13H2,1-2H3. The van der Waals surface area contributed by atoms with E-state index in [1.165, 1.54) is 16.9 Å². The molecule has 128 valence electrons. The van der Waals surface area contributed by atoms with Crippen molar-refractivity contribution in [3.05, 3.63) is 46.2 Å². The molecule has 0 bridgehead atoms. The van der Waals surface area contributed by atoms with Crippen molar-refractivity contribution in [2.75, 3.05) is 40.4 Å². The van der Waals surface area contributed by atoms with E-state index in [0.717, 1.165) is 49.1 Å². The van der Waals surface area contributed by atoms with Crippen LogP contribution in [0.15, 0.2) is 35.7 Å². The zero-order chi connectivity index (χ0) is 16.9. The van der Waals surface area contributed by atoms with Crippen LogP contribution in [0, 0.1) is 0 Å². The molecule has 3 rings (SSSR count). The van der Waals surface area contributed by atoms with Gasteiger partial charge in [-0.2, -0.15) is 0 Å². The van der Waals surface area contributed by atoms with Crippen molar-refractivity contribution < 1.29 is 14.3 Å². The number of hydrogen-bond acceptors (Lipinski definition) is 5. The van der Waals surface area contributed by atoms with Gasteiger partial charge in [-0.25, -0.2) is 0 Å². The van der Waals surface area contributed by atoms with E-state index < -0.39 is 0 Å².